The largest absolute Gasteiger partial charge is 1.00 e. The number of hydrogen-bond acceptors (Lipinski definition) is 0. The molecule has 0 amide bonds. The van der Waals surface area contributed by atoms with Crippen molar-refractivity contribution in [2.24, 2.45) is 0 Å². The van der Waals surface area contributed by atoms with E-state index in [0.717, 1.165) is 11.1 Å². The van der Waals surface area contributed by atoms with Crippen LogP contribution in [0.3, 0.4) is 0 Å². The first kappa shape index (κ1) is 13.6. The first-order valence-corrected chi connectivity index (χ1v) is 3.90. The predicted octanol–water partition coefficient (Wildman–Crippen LogP) is -3.04. The Labute approximate surface area is 109 Å². The normalized spacial score (nSPS) is 8.29. The molecule has 0 aromatic heterocycles. The van der Waals surface area contributed by atoms with Gasteiger partial charge in [0.25, 0.3) is 0 Å². The van der Waals surface area contributed by atoms with Gasteiger partial charge in [-0.1, -0.05) is 0 Å². The Balaban J connectivity index is 0.000000845. The van der Waals surface area contributed by atoms with E-state index in [1.807, 2.05) is 48.5 Å². The van der Waals surface area contributed by atoms with Gasteiger partial charge in [0.1, 0.15) is 0 Å². The molecule has 0 saturated carbocycles. The predicted molar refractivity (Wildman–Crippen MR) is 49.6 cm³/mol. The van der Waals surface area contributed by atoms with Crippen molar-refractivity contribution in [3.05, 3.63) is 60.7 Å². The molecule has 0 nitrogen and oxygen atoms in total. The second kappa shape index (κ2) is 7.00. The Kier molecular flexibility index (Phi) is 6.81. The summed E-state index contributed by atoms with van der Waals surface area (Å²) in [5.74, 6) is 0. The van der Waals surface area contributed by atoms with Crippen LogP contribution in [0.1, 0.15) is 0 Å². The van der Waals surface area contributed by atoms with Crippen molar-refractivity contribution in [1.82, 2.24) is 0 Å². The van der Waals surface area contributed by atoms with Crippen LogP contribution in [-0.4, -0.2) is 0 Å². The minimum atomic E-state index is 0. The van der Waals surface area contributed by atoms with Gasteiger partial charge >= 0.3 is 37.7 Å². The van der Waals surface area contributed by atoms with Gasteiger partial charge in [0, 0.05) is 0 Å². The second-order valence-electron chi connectivity index (χ2n) is 2.55. The van der Waals surface area contributed by atoms with E-state index in [-0.39, 0.29) is 37.7 Å². The average Bonchev–Trinajstić information content (AvgIpc) is 2.21. The maximum Gasteiger partial charge on any atom is 1.00 e. The minimum Gasteiger partial charge on any atom is -0.226 e. The van der Waals surface area contributed by atoms with E-state index in [9.17, 15) is 0 Å². The third-order valence-corrected chi connectivity index (χ3v) is 1.71. The maximum atomic E-state index is 3.15. The summed E-state index contributed by atoms with van der Waals surface area (Å²) in [6, 6.07) is 22.1. The van der Waals surface area contributed by atoms with Crippen molar-refractivity contribution in [2.45, 2.75) is 0 Å². The van der Waals surface area contributed by atoms with E-state index in [4.69, 9.17) is 0 Å². The number of hydrogen-bond donors (Lipinski definition) is 0. The Bertz CT molecular complexity index is 306. The zero-order valence-electron chi connectivity index (χ0n) is 8.62. The van der Waals surface area contributed by atoms with Crippen LogP contribution in [0.25, 0.3) is 11.1 Å². The van der Waals surface area contributed by atoms with Crippen molar-refractivity contribution in [3.63, 3.8) is 0 Å². The monoisotopic (exact) mass is 166 g/mol. The van der Waals surface area contributed by atoms with Crippen LogP contribution in [0.15, 0.2) is 48.5 Å². The molecule has 0 N–H and O–H groups in total. The molecule has 0 heterocycles. The Morgan fingerprint density at radius 3 is 1.36 bits per heavy atom. The third-order valence-electron chi connectivity index (χ3n) is 1.71. The molecule has 0 bridgehead atoms. The molecule has 0 spiro atoms. The Hall–Kier alpha value is -0.365. The van der Waals surface area contributed by atoms with Crippen LogP contribution in [0.5, 0.6) is 0 Å². The molecular formula is C12H8Li2. The van der Waals surface area contributed by atoms with Gasteiger partial charge in [-0.2, -0.15) is 48.5 Å². The molecule has 2 aromatic rings. The van der Waals surface area contributed by atoms with E-state index in [2.05, 4.69) is 12.1 Å². The molecule has 0 radical (unpaired) electrons. The fraction of sp³-hybridized carbons (Fsp3) is 0. The summed E-state index contributed by atoms with van der Waals surface area (Å²) >= 11 is 0. The van der Waals surface area contributed by atoms with Crippen molar-refractivity contribution in [1.29, 1.82) is 0 Å². The second-order valence-corrected chi connectivity index (χ2v) is 2.55. The topological polar surface area (TPSA) is 0 Å². The van der Waals surface area contributed by atoms with Crippen molar-refractivity contribution >= 4 is 0 Å². The molecule has 0 saturated heterocycles. The van der Waals surface area contributed by atoms with Crippen LogP contribution in [0.2, 0.25) is 0 Å². The molecular weight excluding hydrogens is 158 g/mol. The van der Waals surface area contributed by atoms with Crippen LogP contribution in [-0.2, 0) is 0 Å². The zero-order chi connectivity index (χ0) is 8.23. The molecule has 14 heavy (non-hydrogen) atoms. The fourth-order valence-corrected chi connectivity index (χ4v) is 1.12. The molecule has 0 aliphatic heterocycles. The molecule has 0 unspecified atom stereocenters. The summed E-state index contributed by atoms with van der Waals surface area (Å²) in [5.41, 5.74) is 2.19. The van der Waals surface area contributed by atoms with Gasteiger partial charge in [-0.05, 0) is 0 Å². The molecule has 0 atom stereocenters. The van der Waals surface area contributed by atoms with Crippen molar-refractivity contribution in [3.8, 4) is 11.1 Å². The van der Waals surface area contributed by atoms with Crippen molar-refractivity contribution < 1.29 is 37.7 Å². The quantitative estimate of drug-likeness (QED) is 0.312. The van der Waals surface area contributed by atoms with Gasteiger partial charge in [-0.25, -0.2) is 11.1 Å². The van der Waals surface area contributed by atoms with Crippen LogP contribution >= 0.6 is 0 Å². The average molecular weight is 166 g/mol. The van der Waals surface area contributed by atoms with E-state index >= 15 is 0 Å². The SMILES string of the molecule is [Li+].[Li+].[c-]1ccccc1-c1[c-]cccc1. The molecule has 58 valence electrons. The summed E-state index contributed by atoms with van der Waals surface area (Å²) in [6.07, 6.45) is 0. The van der Waals surface area contributed by atoms with Gasteiger partial charge in [0.05, 0.1) is 0 Å². The summed E-state index contributed by atoms with van der Waals surface area (Å²) < 4.78 is 0. The standard InChI is InChI=1S/C12H8.2Li/c1-3-7-11(8-4-1)12-9-5-2-6-10-12;;/h1-7,9H;;/q-2;2*+1. The zero-order valence-corrected chi connectivity index (χ0v) is 8.62. The number of benzene rings is 2. The third kappa shape index (κ3) is 3.41. The molecule has 0 aliphatic rings. The van der Waals surface area contributed by atoms with Gasteiger partial charge in [0.2, 0.25) is 0 Å². The van der Waals surface area contributed by atoms with Gasteiger partial charge in [-0.15, -0.1) is 12.1 Å². The van der Waals surface area contributed by atoms with E-state index < -0.39 is 0 Å². The molecule has 0 fully saturated rings. The first-order chi connectivity index (χ1) is 5.97. The van der Waals surface area contributed by atoms with Gasteiger partial charge in [0.15, 0.2) is 0 Å². The van der Waals surface area contributed by atoms with E-state index in [1.165, 1.54) is 0 Å². The van der Waals surface area contributed by atoms with E-state index in [1.54, 1.807) is 0 Å². The smallest absolute Gasteiger partial charge is 0.226 e. The van der Waals surface area contributed by atoms with Crippen LogP contribution in [0, 0.1) is 12.1 Å². The molecule has 0 aliphatic carbocycles. The molecule has 2 rings (SSSR count). The minimum absolute atomic E-state index is 0. The van der Waals surface area contributed by atoms with Crippen molar-refractivity contribution in [2.75, 3.05) is 0 Å². The summed E-state index contributed by atoms with van der Waals surface area (Å²) in [7, 11) is 0. The molecule has 2 aromatic carbocycles. The Morgan fingerprint density at radius 2 is 1.07 bits per heavy atom. The fourth-order valence-electron chi connectivity index (χ4n) is 1.12. The van der Waals surface area contributed by atoms with Gasteiger partial charge in [-0.3, -0.25) is 0 Å². The summed E-state index contributed by atoms with van der Waals surface area (Å²) in [4.78, 5) is 0. The first-order valence-electron chi connectivity index (χ1n) is 3.90. The summed E-state index contributed by atoms with van der Waals surface area (Å²) in [5, 5.41) is 0. The Morgan fingerprint density at radius 1 is 0.643 bits per heavy atom. The van der Waals surface area contributed by atoms with Crippen LogP contribution in [0.4, 0.5) is 0 Å². The number of rotatable bonds is 1. The molecule has 2 heteroatoms. The van der Waals surface area contributed by atoms with E-state index in [0.29, 0.717) is 0 Å². The van der Waals surface area contributed by atoms with Crippen LogP contribution < -0.4 is 37.7 Å². The maximum absolute atomic E-state index is 3.15. The van der Waals surface area contributed by atoms with Gasteiger partial charge < -0.3 is 0 Å². The summed E-state index contributed by atoms with van der Waals surface area (Å²) in [6.45, 7) is 0.